The lowest BCUT2D eigenvalue weighted by Gasteiger charge is -2.33. The first-order valence-corrected chi connectivity index (χ1v) is 16.3. The normalized spacial score (nSPS) is 19.9. The van der Waals surface area contributed by atoms with Crippen LogP contribution >= 0.6 is 11.6 Å². The number of carbonyl (C=O) groups is 3. The topological polar surface area (TPSA) is 150 Å². The number of hydrogen-bond donors (Lipinski definition) is 3. The highest BCUT2D eigenvalue weighted by atomic mass is 35.5. The monoisotopic (exact) mass is 655 g/mol. The molecule has 0 aromatic heterocycles. The van der Waals surface area contributed by atoms with Crippen molar-refractivity contribution in [3.05, 3.63) is 23.8 Å². The van der Waals surface area contributed by atoms with Gasteiger partial charge in [0.15, 0.2) is 11.5 Å². The quantitative estimate of drug-likeness (QED) is 0.140. The molecule has 1 aromatic carbocycles. The number of nitrogens with one attached hydrogen (secondary N) is 1. The maximum absolute atomic E-state index is 13.4. The van der Waals surface area contributed by atoms with Gasteiger partial charge in [0, 0.05) is 32.6 Å². The number of carbonyl (C=O) groups excluding carboxylic acids is 2. The predicted octanol–water partition coefficient (Wildman–Crippen LogP) is 4.92. The van der Waals surface area contributed by atoms with E-state index in [0.717, 1.165) is 12.0 Å². The predicted molar refractivity (Wildman–Crippen MR) is 174 cm³/mol. The zero-order valence-electron chi connectivity index (χ0n) is 28.1. The molecule has 0 radical (unpaired) electrons. The minimum atomic E-state index is -1.11. The van der Waals surface area contributed by atoms with Crippen LogP contribution in [-0.4, -0.2) is 86.1 Å². The van der Waals surface area contributed by atoms with Crippen LogP contribution < -0.4 is 20.5 Å². The smallest absolute Gasteiger partial charge is 0.409 e. The Labute approximate surface area is 273 Å². The van der Waals surface area contributed by atoms with Crippen LogP contribution in [0.25, 0.3) is 0 Å². The maximum atomic E-state index is 13.4. The second-order valence-corrected chi connectivity index (χ2v) is 13.5. The molecule has 0 saturated carbocycles. The number of amides is 3. The van der Waals surface area contributed by atoms with Crippen molar-refractivity contribution < 1.29 is 38.4 Å². The van der Waals surface area contributed by atoms with Gasteiger partial charge < -0.3 is 35.1 Å². The molecule has 5 atom stereocenters. The second-order valence-electron chi connectivity index (χ2n) is 13.2. The lowest BCUT2D eigenvalue weighted by Crippen LogP contribution is -2.47. The molecule has 1 aromatic rings. The molecule has 1 fully saturated rings. The molecule has 1 heterocycles. The Hall–Kier alpha value is -2.76. The Kier molecular flexibility index (Phi) is 15.2. The van der Waals surface area contributed by atoms with Gasteiger partial charge in [-0.05, 0) is 68.6 Å². The van der Waals surface area contributed by atoms with Gasteiger partial charge in [0.25, 0.3) is 0 Å². The van der Waals surface area contributed by atoms with E-state index in [-0.39, 0.29) is 36.1 Å². The fourth-order valence-electron chi connectivity index (χ4n) is 5.61. The number of primary amides is 1. The second kappa shape index (κ2) is 17.8. The van der Waals surface area contributed by atoms with Crippen LogP contribution in [0.5, 0.6) is 11.5 Å². The molecule has 2 rings (SSSR count). The van der Waals surface area contributed by atoms with Gasteiger partial charge >= 0.3 is 6.09 Å². The molecular weight excluding hydrogens is 602 g/mol. The number of nitrogens with two attached hydrogens (primary N) is 1. The Balaban J connectivity index is 2.33. The lowest BCUT2D eigenvalue weighted by molar-refractivity contribution is -0.130. The molecule has 45 heavy (non-hydrogen) atoms. The average molecular weight is 656 g/mol. The zero-order valence-corrected chi connectivity index (χ0v) is 28.9. The molecule has 11 nitrogen and oxygen atoms in total. The molecule has 1 aliphatic heterocycles. The largest absolute Gasteiger partial charge is 0.493 e. The van der Waals surface area contributed by atoms with Gasteiger partial charge in [-0.15, -0.1) is 11.6 Å². The van der Waals surface area contributed by atoms with Gasteiger partial charge in [-0.3, -0.25) is 14.5 Å². The summed E-state index contributed by atoms with van der Waals surface area (Å²) in [5.74, 6) is 0.264. The maximum Gasteiger partial charge on any atom is 0.409 e. The van der Waals surface area contributed by atoms with Crippen LogP contribution in [0, 0.1) is 29.1 Å². The van der Waals surface area contributed by atoms with Gasteiger partial charge in [-0.2, -0.15) is 0 Å². The summed E-state index contributed by atoms with van der Waals surface area (Å²) in [6.07, 6.45) is -0.260. The number of methoxy groups -OCH3 is 2. The summed E-state index contributed by atoms with van der Waals surface area (Å²) < 4.78 is 22.9. The highest BCUT2D eigenvalue weighted by Gasteiger charge is 2.47. The van der Waals surface area contributed by atoms with Crippen molar-refractivity contribution in [3.63, 3.8) is 0 Å². The number of carboxylic acid groups (broad SMARTS) is 1. The van der Waals surface area contributed by atoms with Gasteiger partial charge in [-0.1, -0.05) is 33.8 Å². The Morgan fingerprint density at radius 2 is 1.78 bits per heavy atom. The van der Waals surface area contributed by atoms with E-state index in [4.69, 9.17) is 36.3 Å². The van der Waals surface area contributed by atoms with E-state index < -0.39 is 41.7 Å². The fourth-order valence-corrected chi connectivity index (χ4v) is 5.83. The van der Waals surface area contributed by atoms with E-state index >= 15 is 0 Å². The zero-order chi connectivity index (χ0) is 33.9. The molecular formula is C33H54ClN3O8. The Morgan fingerprint density at radius 1 is 1.09 bits per heavy atom. The number of halogens is 1. The summed E-state index contributed by atoms with van der Waals surface area (Å²) in [4.78, 5) is 39.0. The van der Waals surface area contributed by atoms with Crippen molar-refractivity contribution in [1.29, 1.82) is 0 Å². The summed E-state index contributed by atoms with van der Waals surface area (Å²) in [7, 11) is 3.25. The van der Waals surface area contributed by atoms with Gasteiger partial charge in [0.2, 0.25) is 11.8 Å². The third kappa shape index (κ3) is 10.9. The summed E-state index contributed by atoms with van der Waals surface area (Å²) in [5, 5.41) is 13.1. The molecule has 0 aliphatic carbocycles. The van der Waals surface area contributed by atoms with E-state index in [9.17, 15) is 19.5 Å². The van der Waals surface area contributed by atoms with Crippen LogP contribution in [0.1, 0.15) is 66.4 Å². The Morgan fingerprint density at radius 3 is 2.31 bits per heavy atom. The molecule has 2 unspecified atom stereocenters. The number of alkyl halides is 1. The average Bonchev–Trinajstić information content (AvgIpc) is 3.33. The number of nitrogens with zero attached hydrogens (tertiary/aromatic N) is 1. The van der Waals surface area contributed by atoms with Crippen LogP contribution in [0.4, 0.5) is 4.79 Å². The number of rotatable bonds is 19. The first kappa shape index (κ1) is 38.4. The summed E-state index contributed by atoms with van der Waals surface area (Å²) in [5.41, 5.74) is 5.63. The van der Waals surface area contributed by atoms with E-state index in [1.165, 1.54) is 4.90 Å². The van der Waals surface area contributed by atoms with E-state index in [1.54, 1.807) is 28.1 Å². The van der Waals surface area contributed by atoms with Crippen LogP contribution in [0.3, 0.4) is 0 Å². The number of benzene rings is 1. The van der Waals surface area contributed by atoms with Crippen molar-refractivity contribution >= 4 is 29.5 Å². The Bertz CT molecular complexity index is 1120. The SMILES string of the molecule is COCCCOc1cc(CC(C[C@H]2[C@H](C[C@H](C(=O)NCC(C)(C)C(N)=O)C(C)C)OC(CCl)N2C(=O)O)C(C)C)ccc1OC. The van der Waals surface area contributed by atoms with E-state index in [2.05, 4.69) is 19.2 Å². The van der Waals surface area contributed by atoms with Crippen molar-refractivity contribution in [1.82, 2.24) is 10.2 Å². The van der Waals surface area contributed by atoms with Gasteiger partial charge in [-0.25, -0.2) is 4.79 Å². The van der Waals surface area contributed by atoms with Crippen LogP contribution in [0.2, 0.25) is 0 Å². The fraction of sp³-hybridized carbons (Fsp3) is 0.727. The molecule has 4 N–H and O–H groups in total. The standard InChI is InChI=1S/C33H54ClN3O8/c1-20(2)23(14-22-10-11-26(43-8)28(15-22)44-13-9-12-42-7)16-25-27(45-29(18-34)37(25)32(40)41)17-24(21(3)4)30(38)36-19-33(5,6)31(35)39/h10-11,15,20-21,23-25,27,29H,9,12-14,16-19H2,1-8H3,(H2,35,39)(H,36,38)(H,40,41)/t23?,24-,25-,27-,29?/m0/s1. The van der Waals surface area contributed by atoms with Crippen LogP contribution in [-0.2, 0) is 25.5 Å². The molecule has 12 heteroatoms. The van der Waals surface area contributed by atoms with Crippen molar-refractivity contribution in [2.24, 2.45) is 34.8 Å². The third-order valence-electron chi connectivity index (χ3n) is 8.74. The summed E-state index contributed by atoms with van der Waals surface area (Å²) >= 11 is 6.22. The summed E-state index contributed by atoms with van der Waals surface area (Å²) in [6, 6.07) is 5.35. The molecule has 0 spiro atoms. The number of hydrogen-bond acceptors (Lipinski definition) is 7. The van der Waals surface area contributed by atoms with Gasteiger partial charge in [0.1, 0.15) is 6.23 Å². The highest BCUT2D eigenvalue weighted by Crippen LogP contribution is 2.37. The highest BCUT2D eigenvalue weighted by molar-refractivity contribution is 6.18. The number of ether oxygens (including phenoxy) is 4. The van der Waals surface area contributed by atoms with Gasteiger partial charge in [0.05, 0.1) is 37.2 Å². The molecule has 1 saturated heterocycles. The third-order valence-corrected chi connectivity index (χ3v) is 9.01. The van der Waals surface area contributed by atoms with Crippen molar-refractivity contribution in [2.45, 2.75) is 85.6 Å². The first-order chi connectivity index (χ1) is 21.2. The van der Waals surface area contributed by atoms with Crippen molar-refractivity contribution in [2.75, 3.05) is 39.9 Å². The molecule has 0 bridgehead atoms. The van der Waals surface area contributed by atoms with E-state index in [0.29, 0.717) is 44.0 Å². The molecule has 256 valence electrons. The van der Waals surface area contributed by atoms with Crippen molar-refractivity contribution in [3.8, 4) is 11.5 Å². The minimum Gasteiger partial charge on any atom is -0.493 e. The summed E-state index contributed by atoms with van der Waals surface area (Å²) in [6.45, 7) is 12.7. The lowest BCUT2D eigenvalue weighted by atomic mass is 9.80. The van der Waals surface area contributed by atoms with Crippen LogP contribution in [0.15, 0.2) is 18.2 Å². The van der Waals surface area contributed by atoms with E-state index in [1.807, 2.05) is 32.0 Å². The minimum absolute atomic E-state index is 0.0285. The first-order valence-electron chi connectivity index (χ1n) is 15.8. The molecule has 1 aliphatic rings. The molecule has 3 amide bonds.